The number of ketones is 1. The monoisotopic (exact) mass is 245 g/mol. The zero-order valence-electron chi connectivity index (χ0n) is 11.7. The van der Waals surface area contributed by atoms with Crippen LogP contribution >= 0.6 is 0 Å². The molecule has 0 amide bonds. The van der Waals surface area contributed by atoms with Crippen LogP contribution in [0.2, 0.25) is 0 Å². The van der Waals surface area contributed by atoms with Crippen LogP contribution in [-0.2, 0) is 0 Å². The van der Waals surface area contributed by atoms with Gasteiger partial charge in [0, 0.05) is 17.5 Å². The average Bonchev–Trinajstić information content (AvgIpc) is 2.42. The van der Waals surface area contributed by atoms with Crippen molar-refractivity contribution in [1.82, 2.24) is 5.32 Å². The number of hydrogen-bond acceptors (Lipinski definition) is 2. The second-order valence-corrected chi connectivity index (χ2v) is 5.49. The van der Waals surface area contributed by atoms with E-state index in [0.29, 0.717) is 5.78 Å². The maximum Gasteiger partial charge on any atom is 0.170 e. The number of nitrogens with one attached hydrogen (secondary N) is 1. The van der Waals surface area contributed by atoms with Gasteiger partial charge in [-0.25, -0.2) is 0 Å². The molecule has 0 bridgehead atoms. The van der Waals surface area contributed by atoms with Crippen molar-refractivity contribution in [3.8, 4) is 0 Å². The molecule has 18 heavy (non-hydrogen) atoms. The fourth-order valence-electron chi connectivity index (χ4n) is 2.91. The summed E-state index contributed by atoms with van der Waals surface area (Å²) in [7, 11) is 0. The van der Waals surface area contributed by atoms with Crippen LogP contribution in [0.25, 0.3) is 0 Å². The maximum absolute atomic E-state index is 12.9. The van der Waals surface area contributed by atoms with Crippen molar-refractivity contribution in [1.29, 1.82) is 0 Å². The summed E-state index contributed by atoms with van der Waals surface area (Å²) < 4.78 is 0. The van der Waals surface area contributed by atoms with E-state index in [1.807, 2.05) is 12.1 Å². The van der Waals surface area contributed by atoms with Gasteiger partial charge in [0.15, 0.2) is 5.78 Å². The Bertz CT molecular complexity index is 444. The van der Waals surface area contributed by atoms with Crippen molar-refractivity contribution in [3.05, 3.63) is 34.9 Å². The highest BCUT2D eigenvalue weighted by Gasteiger charge is 2.38. The third-order valence-corrected chi connectivity index (χ3v) is 4.48. The van der Waals surface area contributed by atoms with Gasteiger partial charge in [-0.15, -0.1) is 0 Å². The van der Waals surface area contributed by atoms with Gasteiger partial charge in [-0.2, -0.15) is 0 Å². The molecule has 1 aromatic carbocycles. The molecule has 0 aliphatic carbocycles. The molecular weight excluding hydrogens is 222 g/mol. The Balaban J connectivity index is 2.37. The highest BCUT2D eigenvalue weighted by atomic mass is 16.1. The van der Waals surface area contributed by atoms with Crippen LogP contribution in [0.1, 0.15) is 47.7 Å². The lowest BCUT2D eigenvalue weighted by molar-refractivity contribution is 0.0730. The Labute approximate surface area is 110 Å². The second-order valence-electron chi connectivity index (χ2n) is 5.49. The fourth-order valence-corrected chi connectivity index (χ4v) is 2.91. The summed E-state index contributed by atoms with van der Waals surface area (Å²) in [5.41, 5.74) is 3.08. The molecule has 0 radical (unpaired) electrons. The average molecular weight is 245 g/mol. The Kier molecular flexibility index (Phi) is 3.86. The minimum atomic E-state index is -0.184. The van der Waals surface area contributed by atoms with E-state index in [4.69, 9.17) is 0 Å². The van der Waals surface area contributed by atoms with Gasteiger partial charge in [-0.1, -0.05) is 25.1 Å². The molecule has 0 aromatic heterocycles. The minimum absolute atomic E-state index is 0.184. The Morgan fingerprint density at radius 2 is 2.17 bits per heavy atom. The van der Waals surface area contributed by atoms with Crippen LogP contribution in [-0.4, -0.2) is 18.9 Å². The highest BCUT2D eigenvalue weighted by molar-refractivity contribution is 6.02. The third-order valence-electron chi connectivity index (χ3n) is 4.48. The number of benzene rings is 1. The molecule has 2 rings (SSSR count). The molecule has 1 N–H and O–H groups in total. The normalized spacial score (nSPS) is 23.9. The summed E-state index contributed by atoms with van der Waals surface area (Å²) in [5, 5.41) is 3.39. The van der Waals surface area contributed by atoms with Gasteiger partial charge in [0.2, 0.25) is 0 Å². The molecule has 2 nitrogen and oxygen atoms in total. The molecule has 0 saturated carbocycles. The highest BCUT2D eigenvalue weighted by Crippen LogP contribution is 2.35. The molecule has 1 aromatic rings. The van der Waals surface area contributed by atoms with E-state index in [2.05, 4.69) is 32.2 Å². The standard InChI is InChI=1S/C16H23NO/c1-4-16(9-6-10-17-11-16)15(18)14-8-5-7-12(2)13(14)3/h5,7-8,17H,4,6,9-11H2,1-3H3. The van der Waals surface area contributed by atoms with Crippen molar-refractivity contribution >= 4 is 5.78 Å². The lowest BCUT2D eigenvalue weighted by atomic mass is 9.72. The van der Waals surface area contributed by atoms with E-state index in [0.717, 1.165) is 43.5 Å². The van der Waals surface area contributed by atoms with Gasteiger partial charge in [0.05, 0.1) is 0 Å². The number of carbonyl (C=O) groups excluding carboxylic acids is 1. The summed E-state index contributed by atoms with van der Waals surface area (Å²) in [4.78, 5) is 12.9. The fraction of sp³-hybridized carbons (Fsp3) is 0.562. The van der Waals surface area contributed by atoms with Crippen LogP contribution in [0.3, 0.4) is 0 Å². The molecule has 0 spiro atoms. The predicted octanol–water partition coefficient (Wildman–Crippen LogP) is 3.27. The van der Waals surface area contributed by atoms with E-state index in [1.165, 1.54) is 5.56 Å². The van der Waals surface area contributed by atoms with Gasteiger partial charge in [0.1, 0.15) is 0 Å². The summed E-state index contributed by atoms with van der Waals surface area (Å²) in [5.74, 6) is 0.332. The van der Waals surface area contributed by atoms with Crippen molar-refractivity contribution in [3.63, 3.8) is 0 Å². The number of hydrogen-bond donors (Lipinski definition) is 1. The number of carbonyl (C=O) groups is 1. The first kappa shape index (κ1) is 13.3. The molecule has 1 saturated heterocycles. The lowest BCUT2D eigenvalue weighted by Crippen LogP contribution is -2.45. The smallest absolute Gasteiger partial charge is 0.170 e. The first-order valence-corrected chi connectivity index (χ1v) is 6.92. The quantitative estimate of drug-likeness (QED) is 0.828. The van der Waals surface area contributed by atoms with Crippen LogP contribution in [0.5, 0.6) is 0 Å². The lowest BCUT2D eigenvalue weighted by Gasteiger charge is -2.36. The van der Waals surface area contributed by atoms with Gasteiger partial charge < -0.3 is 5.32 Å². The first-order chi connectivity index (χ1) is 8.60. The van der Waals surface area contributed by atoms with E-state index in [-0.39, 0.29) is 5.41 Å². The van der Waals surface area contributed by atoms with Gasteiger partial charge in [-0.05, 0) is 50.8 Å². The molecule has 1 heterocycles. The Morgan fingerprint density at radius 3 is 2.78 bits per heavy atom. The zero-order valence-corrected chi connectivity index (χ0v) is 11.7. The topological polar surface area (TPSA) is 29.1 Å². The molecule has 1 unspecified atom stereocenters. The molecule has 1 fully saturated rings. The number of Topliss-reactive ketones (excluding diaryl/α,β-unsaturated/α-hetero) is 1. The Hall–Kier alpha value is -1.15. The molecular formula is C16H23NO. The van der Waals surface area contributed by atoms with Crippen molar-refractivity contribution in [2.24, 2.45) is 5.41 Å². The summed E-state index contributed by atoms with van der Waals surface area (Å²) in [6, 6.07) is 6.05. The zero-order chi connectivity index (χ0) is 13.2. The second kappa shape index (κ2) is 5.23. The van der Waals surface area contributed by atoms with Crippen molar-refractivity contribution in [2.45, 2.75) is 40.0 Å². The van der Waals surface area contributed by atoms with Gasteiger partial charge >= 0.3 is 0 Å². The van der Waals surface area contributed by atoms with E-state index < -0.39 is 0 Å². The van der Waals surface area contributed by atoms with Crippen molar-refractivity contribution in [2.75, 3.05) is 13.1 Å². The van der Waals surface area contributed by atoms with Crippen LogP contribution in [0.15, 0.2) is 18.2 Å². The summed E-state index contributed by atoms with van der Waals surface area (Å²) >= 11 is 0. The van der Waals surface area contributed by atoms with Crippen molar-refractivity contribution < 1.29 is 4.79 Å². The maximum atomic E-state index is 12.9. The molecule has 1 aliphatic rings. The third kappa shape index (κ3) is 2.22. The van der Waals surface area contributed by atoms with Crippen LogP contribution in [0, 0.1) is 19.3 Å². The molecule has 1 atom stereocenters. The van der Waals surface area contributed by atoms with E-state index in [1.54, 1.807) is 0 Å². The number of piperidine rings is 1. The van der Waals surface area contributed by atoms with E-state index in [9.17, 15) is 4.79 Å². The first-order valence-electron chi connectivity index (χ1n) is 6.92. The summed E-state index contributed by atoms with van der Waals surface area (Å²) in [6.45, 7) is 8.14. The Morgan fingerprint density at radius 1 is 1.39 bits per heavy atom. The SMILES string of the molecule is CCC1(C(=O)c2cccc(C)c2C)CCCNC1. The predicted molar refractivity (Wildman–Crippen MR) is 75.1 cm³/mol. The largest absolute Gasteiger partial charge is 0.316 e. The van der Waals surface area contributed by atoms with Crippen LogP contribution < -0.4 is 5.32 Å². The summed E-state index contributed by atoms with van der Waals surface area (Å²) in [6.07, 6.45) is 3.04. The molecule has 1 aliphatic heterocycles. The minimum Gasteiger partial charge on any atom is -0.316 e. The number of rotatable bonds is 3. The molecule has 98 valence electrons. The van der Waals surface area contributed by atoms with Gasteiger partial charge in [0.25, 0.3) is 0 Å². The van der Waals surface area contributed by atoms with Gasteiger partial charge in [-0.3, -0.25) is 4.79 Å². The number of aryl methyl sites for hydroxylation is 1. The molecule has 2 heteroatoms. The van der Waals surface area contributed by atoms with E-state index >= 15 is 0 Å². The van der Waals surface area contributed by atoms with Crippen LogP contribution in [0.4, 0.5) is 0 Å².